The highest BCUT2D eigenvalue weighted by molar-refractivity contribution is 6.30. The predicted molar refractivity (Wildman–Crippen MR) is 131 cm³/mol. The van der Waals surface area contributed by atoms with Crippen molar-refractivity contribution in [1.82, 2.24) is 10.2 Å². The number of hydrogen-bond acceptors (Lipinski definition) is 3. The zero-order valence-corrected chi connectivity index (χ0v) is 19.1. The topological polar surface area (TPSA) is 60.7 Å². The van der Waals surface area contributed by atoms with E-state index in [0.29, 0.717) is 30.5 Å². The van der Waals surface area contributed by atoms with E-state index in [4.69, 9.17) is 26.7 Å². The van der Waals surface area contributed by atoms with Gasteiger partial charge in [0, 0.05) is 18.0 Å². The Morgan fingerprint density at radius 1 is 0.969 bits per heavy atom. The number of nitrogens with one attached hydrogen (secondary N) is 2. The molecule has 4 rings (SSSR count). The van der Waals surface area contributed by atoms with Crippen molar-refractivity contribution >= 4 is 23.4 Å². The Balaban J connectivity index is 1.69. The van der Waals surface area contributed by atoms with Crippen LogP contribution in [0.2, 0.25) is 5.02 Å². The number of benzene rings is 3. The summed E-state index contributed by atoms with van der Waals surface area (Å²) in [6.45, 7) is 3.24. The molecule has 0 spiro atoms. The van der Waals surface area contributed by atoms with Gasteiger partial charge in [-0.25, -0.2) is 0 Å². The van der Waals surface area contributed by atoms with Gasteiger partial charge in [-0.2, -0.15) is 0 Å². The molecule has 1 aliphatic heterocycles. The Kier molecular flexibility index (Phi) is 6.47. The van der Waals surface area contributed by atoms with Gasteiger partial charge in [-0.1, -0.05) is 66.2 Å². The molecule has 0 aromatic heterocycles. The van der Waals surface area contributed by atoms with Gasteiger partial charge < -0.3 is 15.0 Å². The quantitative estimate of drug-likeness (QED) is 0.518. The zero-order valence-electron chi connectivity index (χ0n) is 18.3. The van der Waals surface area contributed by atoms with Gasteiger partial charge in [0.2, 0.25) is 0 Å². The summed E-state index contributed by atoms with van der Waals surface area (Å²) in [6.07, 6.45) is 0.674. The number of aliphatic imine (C=N–C) groups is 1. The van der Waals surface area contributed by atoms with Crippen LogP contribution in [0.1, 0.15) is 23.6 Å². The molecule has 32 heavy (non-hydrogen) atoms. The number of nitrogens with zero attached hydrogens (tertiary/aromatic N) is 2. The van der Waals surface area contributed by atoms with E-state index < -0.39 is 5.54 Å². The van der Waals surface area contributed by atoms with Crippen LogP contribution in [0, 0.1) is 5.41 Å². The fourth-order valence-electron chi connectivity index (χ4n) is 4.08. The first-order valence-corrected chi connectivity index (χ1v) is 11.0. The molecule has 1 unspecified atom stereocenters. The van der Waals surface area contributed by atoms with E-state index in [0.717, 1.165) is 28.3 Å². The van der Waals surface area contributed by atoms with Crippen molar-refractivity contribution in [2.24, 2.45) is 4.99 Å². The molecule has 0 aliphatic carbocycles. The van der Waals surface area contributed by atoms with Crippen LogP contribution in [0.4, 0.5) is 0 Å². The second kappa shape index (κ2) is 9.45. The summed E-state index contributed by atoms with van der Waals surface area (Å²) in [7, 11) is 1.67. The van der Waals surface area contributed by atoms with Gasteiger partial charge in [0.25, 0.3) is 0 Å². The lowest BCUT2D eigenvalue weighted by Gasteiger charge is -2.35. The minimum atomic E-state index is -0.527. The number of amidine groups is 1. The minimum absolute atomic E-state index is 0.335. The molecule has 5 nitrogen and oxygen atoms in total. The van der Waals surface area contributed by atoms with Crippen molar-refractivity contribution in [3.63, 3.8) is 0 Å². The first-order valence-electron chi connectivity index (χ1n) is 10.6. The number of methoxy groups -OCH3 is 1. The maximum absolute atomic E-state index is 8.70. The Morgan fingerprint density at radius 2 is 1.69 bits per heavy atom. The Labute approximate surface area is 194 Å². The summed E-state index contributed by atoms with van der Waals surface area (Å²) in [5.74, 6) is 1.94. The number of hydrogen-bond donors (Lipinski definition) is 2. The third-order valence-corrected chi connectivity index (χ3v) is 6.02. The van der Waals surface area contributed by atoms with Crippen molar-refractivity contribution in [3.8, 4) is 5.75 Å². The van der Waals surface area contributed by atoms with E-state index in [1.165, 1.54) is 0 Å². The van der Waals surface area contributed by atoms with Crippen molar-refractivity contribution < 1.29 is 4.74 Å². The minimum Gasteiger partial charge on any atom is -0.497 e. The Morgan fingerprint density at radius 3 is 2.44 bits per heavy atom. The normalized spacial score (nSPS) is 19.3. The molecule has 164 valence electrons. The van der Waals surface area contributed by atoms with E-state index in [1.54, 1.807) is 7.11 Å². The lowest BCUT2D eigenvalue weighted by molar-refractivity contribution is 0.271. The maximum Gasteiger partial charge on any atom is 0.197 e. The third kappa shape index (κ3) is 4.78. The number of halogens is 1. The van der Waals surface area contributed by atoms with Crippen LogP contribution < -0.4 is 10.1 Å². The van der Waals surface area contributed by atoms with Crippen LogP contribution in [0.15, 0.2) is 83.9 Å². The van der Waals surface area contributed by atoms with E-state index in [2.05, 4.69) is 35.3 Å². The molecule has 1 atom stereocenters. The smallest absolute Gasteiger partial charge is 0.197 e. The first-order chi connectivity index (χ1) is 15.5. The summed E-state index contributed by atoms with van der Waals surface area (Å²) in [5.41, 5.74) is 2.77. The van der Waals surface area contributed by atoms with Crippen molar-refractivity contribution in [2.45, 2.75) is 32.0 Å². The average molecular weight is 447 g/mol. The number of ether oxygens (including phenoxy) is 1. The van der Waals surface area contributed by atoms with Crippen LogP contribution in [0.5, 0.6) is 5.75 Å². The van der Waals surface area contributed by atoms with Gasteiger partial charge in [0.05, 0.1) is 13.7 Å². The van der Waals surface area contributed by atoms with Crippen LogP contribution in [0.25, 0.3) is 0 Å². The summed E-state index contributed by atoms with van der Waals surface area (Å²) in [6, 6.07) is 26.0. The zero-order chi connectivity index (χ0) is 22.6. The molecular formula is C26H27ClN4O. The van der Waals surface area contributed by atoms with Crippen molar-refractivity contribution in [3.05, 3.63) is 101 Å². The molecule has 1 fully saturated rings. The van der Waals surface area contributed by atoms with Gasteiger partial charge in [0.1, 0.15) is 17.1 Å². The average Bonchev–Trinajstić information content (AvgIpc) is 3.02. The van der Waals surface area contributed by atoms with Crippen LogP contribution in [-0.4, -0.2) is 29.3 Å². The highest BCUT2D eigenvalue weighted by atomic mass is 35.5. The van der Waals surface area contributed by atoms with E-state index in [-0.39, 0.29) is 0 Å². The largest absolute Gasteiger partial charge is 0.497 e. The number of guanidine groups is 1. The standard InChI is InChI=1S/C26H27ClN4O/c1-26(16-20-10-7-13-23(15-20)32-2)24(29-17-19-8-4-3-5-9-19)30-25(28)31(26)18-21-11-6-12-22(27)14-21/h3-15H,16-18H2,1-2H3,(H2,28,29,30). The molecule has 3 aromatic carbocycles. The molecule has 0 saturated carbocycles. The highest BCUT2D eigenvalue weighted by Gasteiger charge is 2.45. The van der Waals surface area contributed by atoms with Gasteiger partial charge in [0.15, 0.2) is 5.96 Å². The maximum atomic E-state index is 8.70. The summed E-state index contributed by atoms with van der Waals surface area (Å²) < 4.78 is 5.42. The molecule has 0 radical (unpaired) electrons. The first kappa shape index (κ1) is 21.9. The summed E-state index contributed by atoms with van der Waals surface area (Å²) in [4.78, 5) is 6.97. The lowest BCUT2D eigenvalue weighted by atomic mass is 9.90. The van der Waals surface area contributed by atoms with Crippen molar-refractivity contribution in [2.75, 3.05) is 7.11 Å². The molecular weight excluding hydrogens is 420 g/mol. The third-order valence-electron chi connectivity index (χ3n) is 5.79. The predicted octanol–water partition coefficient (Wildman–Crippen LogP) is 5.29. The molecule has 1 saturated heterocycles. The van der Waals surface area contributed by atoms with E-state index in [1.807, 2.05) is 60.7 Å². The summed E-state index contributed by atoms with van der Waals surface area (Å²) in [5, 5.41) is 12.6. The Hall–Kier alpha value is -3.31. The molecule has 1 aliphatic rings. The van der Waals surface area contributed by atoms with E-state index >= 15 is 0 Å². The lowest BCUT2D eigenvalue weighted by Crippen LogP contribution is -2.48. The molecule has 0 amide bonds. The molecule has 3 aromatic rings. The molecule has 6 heteroatoms. The second-order valence-corrected chi connectivity index (χ2v) is 8.58. The van der Waals surface area contributed by atoms with E-state index in [9.17, 15) is 0 Å². The van der Waals surface area contributed by atoms with Gasteiger partial charge >= 0.3 is 0 Å². The Bertz CT molecular complexity index is 1130. The fourth-order valence-corrected chi connectivity index (χ4v) is 4.30. The second-order valence-electron chi connectivity index (χ2n) is 8.14. The van der Waals surface area contributed by atoms with Gasteiger partial charge in [-0.3, -0.25) is 10.4 Å². The molecule has 2 N–H and O–H groups in total. The molecule has 0 bridgehead atoms. The molecule has 1 heterocycles. The number of rotatable bonds is 7. The fraction of sp³-hybridized carbons (Fsp3) is 0.231. The van der Waals surface area contributed by atoms with Crippen molar-refractivity contribution in [1.29, 1.82) is 5.41 Å². The van der Waals surface area contributed by atoms with Crippen LogP contribution in [-0.2, 0) is 19.5 Å². The highest BCUT2D eigenvalue weighted by Crippen LogP contribution is 2.30. The van der Waals surface area contributed by atoms with Crippen LogP contribution in [0.3, 0.4) is 0 Å². The SMILES string of the molecule is COc1cccc(CC2(C)/C(=N/Cc3ccccc3)NC(=N)N2Cc2cccc(Cl)c2)c1. The van der Waals surface area contributed by atoms with Gasteiger partial charge in [-0.05, 0) is 47.9 Å². The summed E-state index contributed by atoms with van der Waals surface area (Å²) >= 11 is 6.22. The van der Waals surface area contributed by atoms with Gasteiger partial charge in [-0.15, -0.1) is 0 Å². The monoisotopic (exact) mass is 446 g/mol. The van der Waals surface area contributed by atoms with Crippen LogP contribution >= 0.6 is 11.6 Å².